The number of ether oxygens (including phenoxy) is 3. The number of carbonyl (C=O) groups excluding carboxylic acids is 1. The molecule has 2 aliphatic rings. The lowest BCUT2D eigenvalue weighted by atomic mass is 9.82. The predicted molar refractivity (Wildman–Crippen MR) is 104 cm³/mol. The molecule has 1 saturated heterocycles. The number of hydrogen-bond acceptors (Lipinski definition) is 7. The van der Waals surface area contributed by atoms with Gasteiger partial charge in [-0.3, -0.25) is 9.53 Å². The van der Waals surface area contributed by atoms with E-state index in [1.165, 1.54) is 12.1 Å². The normalized spacial score (nSPS) is 26.1. The van der Waals surface area contributed by atoms with E-state index in [4.69, 9.17) is 25.5 Å². The van der Waals surface area contributed by atoms with Crippen LogP contribution in [0.1, 0.15) is 43.1 Å². The van der Waals surface area contributed by atoms with Crippen LogP contribution in [0.25, 0.3) is 0 Å². The minimum atomic E-state index is -4.75. The molecule has 2 aromatic rings. The maximum absolute atomic E-state index is 14.7. The van der Waals surface area contributed by atoms with Crippen LogP contribution < -0.4 is 10.1 Å². The molecule has 8 nitrogen and oxygen atoms in total. The highest BCUT2D eigenvalue weighted by molar-refractivity contribution is 6.30. The number of benzene rings is 1. The Morgan fingerprint density at radius 3 is 2.60 bits per heavy atom. The third-order valence-corrected chi connectivity index (χ3v) is 5.81. The van der Waals surface area contributed by atoms with E-state index < -0.39 is 67.8 Å². The van der Waals surface area contributed by atoms with Crippen LogP contribution in [0.15, 0.2) is 22.6 Å². The van der Waals surface area contributed by atoms with Crippen molar-refractivity contribution in [3.8, 4) is 5.75 Å². The summed E-state index contributed by atoms with van der Waals surface area (Å²) in [5, 5.41) is 9.38. The van der Waals surface area contributed by atoms with E-state index in [9.17, 15) is 31.1 Å². The van der Waals surface area contributed by atoms with Crippen molar-refractivity contribution in [1.82, 2.24) is 15.5 Å². The highest BCUT2D eigenvalue weighted by Gasteiger charge is 2.49. The number of alkyl halides is 5. The summed E-state index contributed by atoms with van der Waals surface area (Å²) in [6, 6.07) is 1.80. The summed E-state index contributed by atoms with van der Waals surface area (Å²) in [5.74, 6) is -5.77. The molecule has 1 N–H and O–H groups in total. The molecule has 192 valence electrons. The number of halogens is 7. The summed E-state index contributed by atoms with van der Waals surface area (Å²) in [6.07, 6.45) is -7.92. The summed E-state index contributed by atoms with van der Waals surface area (Å²) in [4.78, 5) is 12.0. The maximum atomic E-state index is 14.7. The zero-order valence-electron chi connectivity index (χ0n) is 17.7. The molecule has 0 bridgehead atoms. The largest absolute Gasteiger partial charge is 0.522 e. The summed E-state index contributed by atoms with van der Waals surface area (Å²) in [6.45, 7) is -1.23. The van der Waals surface area contributed by atoms with Crippen molar-refractivity contribution in [1.29, 1.82) is 0 Å². The van der Waals surface area contributed by atoms with E-state index in [2.05, 4.69) is 20.3 Å². The molecule has 2 fully saturated rings. The number of nitrogens with zero attached hydrogens (tertiary/aromatic N) is 2. The Hall–Kier alpha value is -2.58. The van der Waals surface area contributed by atoms with Gasteiger partial charge in [-0.25, -0.2) is 13.2 Å². The van der Waals surface area contributed by atoms with Crippen molar-refractivity contribution in [2.24, 2.45) is 0 Å². The lowest BCUT2D eigenvalue weighted by molar-refractivity contribution is -0.352. The number of carbonyl (C=O) groups is 1. The lowest BCUT2D eigenvalue weighted by Crippen LogP contribution is -2.55. The van der Waals surface area contributed by atoms with E-state index in [0.29, 0.717) is 0 Å². The zero-order chi connectivity index (χ0) is 25.4. The molecule has 1 aliphatic heterocycles. The third-order valence-electron chi connectivity index (χ3n) is 5.50. The van der Waals surface area contributed by atoms with Gasteiger partial charge in [0, 0.05) is 18.4 Å². The number of amides is 1. The second kappa shape index (κ2) is 9.82. The van der Waals surface area contributed by atoms with Gasteiger partial charge in [-0.15, -0.1) is 23.4 Å². The number of nitrogens with one attached hydrogen (secondary N) is 1. The van der Waals surface area contributed by atoms with Gasteiger partial charge in [0.2, 0.25) is 11.8 Å². The van der Waals surface area contributed by atoms with Crippen molar-refractivity contribution >= 4 is 17.5 Å². The van der Waals surface area contributed by atoms with Crippen LogP contribution in [0.5, 0.6) is 5.75 Å². The molecule has 0 spiro atoms. The van der Waals surface area contributed by atoms with Crippen LogP contribution in [0.4, 0.5) is 26.3 Å². The first-order chi connectivity index (χ1) is 16.4. The molecule has 2 heterocycles. The Bertz CT molecular complexity index is 1060. The van der Waals surface area contributed by atoms with E-state index >= 15 is 0 Å². The summed E-state index contributed by atoms with van der Waals surface area (Å²) < 4.78 is 99.1. The standard InChI is InChI=1S/C20H18ClF6N3O5/c21-12-2-1-10(5-13(12)22)32-8-16(31)28-15-7-33-14(6-19(15,23)24)18-30-29-17(34-18)9-3-11(4-9)35-20(25,26)27/h1-2,5,9,11,14-15H,3-4,6-8H2,(H,28,31)/t9?,11?,14-,15-/m1/s1. The Kier molecular flexibility index (Phi) is 7.16. The Labute approximate surface area is 198 Å². The molecule has 1 amide bonds. The molecule has 0 unspecified atom stereocenters. The highest BCUT2D eigenvalue weighted by Crippen LogP contribution is 2.42. The molecule has 1 aliphatic carbocycles. The minimum absolute atomic E-state index is 0.00165. The molecule has 1 saturated carbocycles. The fraction of sp³-hybridized carbons (Fsp3) is 0.550. The fourth-order valence-corrected chi connectivity index (χ4v) is 3.75. The fourth-order valence-electron chi connectivity index (χ4n) is 3.63. The van der Waals surface area contributed by atoms with Gasteiger partial charge in [0.25, 0.3) is 11.8 Å². The van der Waals surface area contributed by atoms with Crippen LogP contribution in [0.3, 0.4) is 0 Å². The Balaban J connectivity index is 1.26. The van der Waals surface area contributed by atoms with Crippen LogP contribution >= 0.6 is 11.6 Å². The second-order valence-corrected chi connectivity index (χ2v) is 8.51. The first kappa shape index (κ1) is 25.5. The van der Waals surface area contributed by atoms with Crippen LogP contribution in [0.2, 0.25) is 5.02 Å². The van der Waals surface area contributed by atoms with Crippen molar-refractivity contribution in [2.75, 3.05) is 13.2 Å². The average molecular weight is 530 g/mol. The molecule has 2 atom stereocenters. The second-order valence-electron chi connectivity index (χ2n) is 8.10. The molecular weight excluding hydrogens is 512 g/mol. The zero-order valence-corrected chi connectivity index (χ0v) is 18.4. The van der Waals surface area contributed by atoms with Crippen molar-refractivity contribution in [3.05, 3.63) is 40.8 Å². The quantitative estimate of drug-likeness (QED) is 0.534. The van der Waals surface area contributed by atoms with E-state index in [-0.39, 0.29) is 35.4 Å². The van der Waals surface area contributed by atoms with Gasteiger partial charge in [0.1, 0.15) is 23.7 Å². The number of rotatable bonds is 7. The highest BCUT2D eigenvalue weighted by atomic mass is 35.5. The van der Waals surface area contributed by atoms with Gasteiger partial charge in [0.05, 0.1) is 17.7 Å². The van der Waals surface area contributed by atoms with Crippen molar-refractivity contribution < 1.29 is 49.8 Å². The van der Waals surface area contributed by atoms with Crippen molar-refractivity contribution in [3.63, 3.8) is 0 Å². The smallest absolute Gasteiger partial charge is 0.484 e. The number of hydrogen-bond donors (Lipinski definition) is 1. The SMILES string of the molecule is O=C(COc1ccc(Cl)c(F)c1)N[C@@H]1CO[C@@H](c2nnc(C3CC(OC(F)(F)F)C3)o2)CC1(F)F. The van der Waals surface area contributed by atoms with E-state index in [0.717, 1.165) is 6.07 Å². The van der Waals surface area contributed by atoms with Gasteiger partial charge in [-0.1, -0.05) is 11.6 Å². The maximum Gasteiger partial charge on any atom is 0.522 e. The first-order valence-electron chi connectivity index (χ1n) is 10.3. The van der Waals surface area contributed by atoms with Gasteiger partial charge in [-0.2, -0.15) is 0 Å². The number of aromatic nitrogens is 2. The van der Waals surface area contributed by atoms with Crippen LogP contribution in [-0.2, 0) is 14.3 Å². The Morgan fingerprint density at radius 2 is 1.94 bits per heavy atom. The Morgan fingerprint density at radius 1 is 1.23 bits per heavy atom. The minimum Gasteiger partial charge on any atom is -0.484 e. The van der Waals surface area contributed by atoms with E-state index in [1.54, 1.807) is 0 Å². The summed E-state index contributed by atoms with van der Waals surface area (Å²) >= 11 is 5.55. The summed E-state index contributed by atoms with van der Waals surface area (Å²) in [5.41, 5.74) is 0. The monoisotopic (exact) mass is 529 g/mol. The molecular formula is C20H18ClF6N3O5. The third kappa shape index (κ3) is 6.35. The van der Waals surface area contributed by atoms with Crippen LogP contribution in [0, 0.1) is 5.82 Å². The predicted octanol–water partition coefficient (Wildman–Crippen LogP) is 4.31. The molecule has 35 heavy (non-hydrogen) atoms. The molecule has 1 aromatic heterocycles. The topological polar surface area (TPSA) is 95.7 Å². The van der Waals surface area contributed by atoms with Gasteiger partial charge >= 0.3 is 6.36 Å². The van der Waals surface area contributed by atoms with Crippen molar-refractivity contribution in [2.45, 2.75) is 55.7 Å². The summed E-state index contributed by atoms with van der Waals surface area (Å²) in [7, 11) is 0. The van der Waals surface area contributed by atoms with E-state index in [1.807, 2.05) is 0 Å². The van der Waals surface area contributed by atoms with Gasteiger partial charge < -0.3 is 19.2 Å². The lowest BCUT2D eigenvalue weighted by Gasteiger charge is -2.35. The molecule has 15 heteroatoms. The molecule has 1 aromatic carbocycles. The van der Waals surface area contributed by atoms with Gasteiger partial charge in [-0.05, 0) is 25.0 Å². The molecule has 4 rings (SSSR count). The first-order valence-corrected chi connectivity index (χ1v) is 10.7. The van der Waals surface area contributed by atoms with Gasteiger partial charge in [0.15, 0.2) is 6.61 Å². The molecule has 0 radical (unpaired) electrons. The average Bonchev–Trinajstić information content (AvgIpc) is 3.21. The van der Waals surface area contributed by atoms with Crippen LogP contribution in [-0.4, -0.2) is 53.7 Å².